The van der Waals surface area contributed by atoms with Gasteiger partial charge in [-0.1, -0.05) is 22.9 Å². The number of hydrogen-bond acceptors (Lipinski definition) is 2. The van der Waals surface area contributed by atoms with E-state index >= 15 is 0 Å². The van der Waals surface area contributed by atoms with E-state index in [9.17, 15) is 0 Å². The number of hydrogen-bond donors (Lipinski definition) is 0. The van der Waals surface area contributed by atoms with Gasteiger partial charge in [0.05, 0.1) is 22.5 Å². The third-order valence-corrected chi connectivity index (χ3v) is 4.37. The molecule has 1 aromatic heterocycles. The van der Waals surface area contributed by atoms with E-state index < -0.39 is 0 Å². The Morgan fingerprint density at radius 2 is 2.12 bits per heavy atom. The van der Waals surface area contributed by atoms with Crippen molar-refractivity contribution in [2.45, 2.75) is 44.5 Å². The molecule has 5 heteroatoms. The predicted octanol–water partition coefficient (Wildman–Crippen LogP) is 3.57. The van der Waals surface area contributed by atoms with Crippen LogP contribution in [0.2, 0.25) is 0 Å². The summed E-state index contributed by atoms with van der Waals surface area (Å²) in [7, 11) is 1.73. The van der Waals surface area contributed by atoms with Crippen LogP contribution in [-0.4, -0.2) is 28.3 Å². The Labute approximate surface area is 120 Å². The SMILES string of the molecule is CCc1nn(CC)c(CCC(Br)COC)c1Br. The molecule has 1 rings (SSSR count). The van der Waals surface area contributed by atoms with Crippen LogP contribution in [0.5, 0.6) is 0 Å². The van der Waals surface area contributed by atoms with Gasteiger partial charge >= 0.3 is 0 Å². The van der Waals surface area contributed by atoms with E-state index in [-0.39, 0.29) is 0 Å². The van der Waals surface area contributed by atoms with E-state index in [1.54, 1.807) is 7.11 Å². The molecule has 0 aliphatic carbocycles. The second kappa shape index (κ2) is 7.54. The number of alkyl halides is 1. The summed E-state index contributed by atoms with van der Waals surface area (Å²) in [5, 5.41) is 4.59. The van der Waals surface area contributed by atoms with Gasteiger partial charge in [0, 0.05) is 18.5 Å². The third kappa shape index (κ3) is 4.07. The van der Waals surface area contributed by atoms with E-state index in [0.29, 0.717) is 4.83 Å². The van der Waals surface area contributed by atoms with Crippen molar-refractivity contribution in [3.8, 4) is 0 Å². The van der Waals surface area contributed by atoms with Gasteiger partial charge < -0.3 is 4.74 Å². The number of aryl methyl sites for hydroxylation is 2. The summed E-state index contributed by atoms with van der Waals surface area (Å²) < 4.78 is 8.40. The van der Waals surface area contributed by atoms with Gasteiger partial charge in [-0.15, -0.1) is 0 Å². The van der Waals surface area contributed by atoms with Gasteiger partial charge in [0.2, 0.25) is 0 Å². The first kappa shape index (κ1) is 15.2. The van der Waals surface area contributed by atoms with Crippen molar-refractivity contribution in [3.05, 3.63) is 15.9 Å². The van der Waals surface area contributed by atoms with Crippen molar-refractivity contribution in [2.75, 3.05) is 13.7 Å². The maximum atomic E-state index is 5.12. The number of ether oxygens (including phenoxy) is 1. The van der Waals surface area contributed by atoms with Crippen LogP contribution in [0.4, 0.5) is 0 Å². The Morgan fingerprint density at radius 3 is 2.65 bits per heavy atom. The van der Waals surface area contributed by atoms with E-state index in [1.165, 1.54) is 10.2 Å². The average Bonchev–Trinajstić information content (AvgIpc) is 2.63. The summed E-state index contributed by atoms with van der Waals surface area (Å²) in [6, 6.07) is 0. The van der Waals surface area contributed by atoms with Crippen LogP contribution in [0, 0.1) is 0 Å². The van der Waals surface area contributed by atoms with Crippen molar-refractivity contribution in [3.63, 3.8) is 0 Å². The molecule has 98 valence electrons. The molecule has 0 saturated heterocycles. The maximum Gasteiger partial charge on any atom is 0.0766 e. The van der Waals surface area contributed by atoms with E-state index in [2.05, 4.69) is 55.5 Å². The standard InChI is InChI=1S/C12H20Br2N2O/c1-4-10-12(14)11(16(5-2)15-10)7-6-9(13)8-17-3/h9H,4-8H2,1-3H3. The monoisotopic (exact) mass is 366 g/mol. The van der Waals surface area contributed by atoms with Crippen molar-refractivity contribution < 1.29 is 4.74 Å². The Morgan fingerprint density at radius 1 is 1.41 bits per heavy atom. The van der Waals surface area contributed by atoms with Crippen molar-refractivity contribution >= 4 is 31.9 Å². The molecule has 0 aliphatic rings. The molecule has 1 aromatic rings. The highest BCUT2D eigenvalue weighted by molar-refractivity contribution is 9.10. The summed E-state index contributed by atoms with van der Waals surface area (Å²) in [6.07, 6.45) is 3.04. The molecule has 1 heterocycles. The topological polar surface area (TPSA) is 27.1 Å². The zero-order valence-corrected chi connectivity index (χ0v) is 13.8. The Hall–Kier alpha value is 0.130. The van der Waals surface area contributed by atoms with Crippen LogP contribution in [0.3, 0.4) is 0 Å². The molecule has 0 spiro atoms. The molecule has 0 bridgehead atoms. The van der Waals surface area contributed by atoms with Gasteiger partial charge in [0.1, 0.15) is 0 Å². The van der Waals surface area contributed by atoms with Crippen molar-refractivity contribution in [1.82, 2.24) is 9.78 Å². The lowest BCUT2D eigenvalue weighted by Gasteiger charge is -2.09. The summed E-state index contributed by atoms with van der Waals surface area (Å²) in [4.78, 5) is 0.407. The number of halogens is 2. The van der Waals surface area contributed by atoms with Crippen molar-refractivity contribution in [2.24, 2.45) is 0 Å². The van der Waals surface area contributed by atoms with Crippen LogP contribution < -0.4 is 0 Å². The fourth-order valence-electron chi connectivity index (χ4n) is 1.81. The first-order chi connectivity index (χ1) is 8.13. The number of rotatable bonds is 7. The normalized spacial score (nSPS) is 13.0. The lowest BCUT2D eigenvalue weighted by atomic mass is 10.2. The number of nitrogens with zero attached hydrogens (tertiary/aromatic N) is 2. The van der Waals surface area contributed by atoms with Crippen LogP contribution in [0.1, 0.15) is 31.7 Å². The molecule has 0 aliphatic heterocycles. The predicted molar refractivity (Wildman–Crippen MR) is 77.9 cm³/mol. The summed E-state index contributed by atoms with van der Waals surface area (Å²) in [5.41, 5.74) is 2.45. The molecule has 0 radical (unpaired) electrons. The molecule has 17 heavy (non-hydrogen) atoms. The van der Waals surface area contributed by atoms with E-state index in [4.69, 9.17) is 4.74 Å². The molecule has 0 fully saturated rings. The van der Waals surface area contributed by atoms with Gasteiger partial charge in [-0.3, -0.25) is 4.68 Å². The average molecular weight is 368 g/mol. The molecule has 0 amide bonds. The van der Waals surface area contributed by atoms with Gasteiger partial charge in [0.15, 0.2) is 0 Å². The van der Waals surface area contributed by atoms with Gasteiger partial charge in [-0.05, 0) is 42.1 Å². The number of methoxy groups -OCH3 is 1. The molecule has 3 nitrogen and oxygen atoms in total. The quantitative estimate of drug-likeness (QED) is 0.689. The fraction of sp³-hybridized carbons (Fsp3) is 0.750. The third-order valence-electron chi connectivity index (χ3n) is 2.74. The molecule has 1 atom stereocenters. The maximum absolute atomic E-state index is 5.12. The van der Waals surface area contributed by atoms with Crippen LogP contribution in [0.15, 0.2) is 4.47 Å². The Kier molecular flexibility index (Phi) is 6.74. The first-order valence-electron chi connectivity index (χ1n) is 6.01. The highest BCUT2D eigenvalue weighted by atomic mass is 79.9. The Balaban J connectivity index is 2.72. The van der Waals surface area contributed by atoms with Crippen LogP contribution in [0.25, 0.3) is 0 Å². The summed E-state index contributed by atoms with van der Waals surface area (Å²) in [5.74, 6) is 0. The highest BCUT2D eigenvalue weighted by Crippen LogP contribution is 2.24. The minimum absolute atomic E-state index is 0.407. The highest BCUT2D eigenvalue weighted by Gasteiger charge is 2.15. The Bertz CT molecular complexity index is 353. The molecular weight excluding hydrogens is 348 g/mol. The van der Waals surface area contributed by atoms with Crippen LogP contribution >= 0.6 is 31.9 Å². The molecule has 1 unspecified atom stereocenters. The van der Waals surface area contributed by atoms with E-state index in [0.717, 1.165) is 38.1 Å². The lowest BCUT2D eigenvalue weighted by Crippen LogP contribution is -2.10. The molecule has 0 N–H and O–H groups in total. The molecular formula is C12H20Br2N2O. The van der Waals surface area contributed by atoms with Gasteiger partial charge in [-0.25, -0.2) is 0 Å². The first-order valence-corrected chi connectivity index (χ1v) is 7.71. The minimum Gasteiger partial charge on any atom is -0.384 e. The van der Waals surface area contributed by atoms with E-state index in [1.807, 2.05) is 0 Å². The largest absolute Gasteiger partial charge is 0.384 e. The zero-order chi connectivity index (χ0) is 12.8. The molecule has 0 saturated carbocycles. The van der Waals surface area contributed by atoms with Crippen LogP contribution in [-0.2, 0) is 24.1 Å². The van der Waals surface area contributed by atoms with Crippen molar-refractivity contribution in [1.29, 1.82) is 0 Å². The smallest absolute Gasteiger partial charge is 0.0766 e. The van der Waals surface area contributed by atoms with Gasteiger partial charge in [-0.2, -0.15) is 5.10 Å². The van der Waals surface area contributed by atoms with Gasteiger partial charge in [0.25, 0.3) is 0 Å². The summed E-state index contributed by atoms with van der Waals surface area (Å²) >= 11 is 7.28. The number of aromatic nitrogens is 2. The summed E-state index contributed by atoms with van der Waals surface area (Å²) in [6.45, 7) is 5.93. The zero-order valence-electron chi connectivity index (χ0n) is 10.7. The second-order valence-electron chi connectivity index (χ2n) is 3.97. The molecule has 0 aromatic carbocycles. The lowest BCUT2D eigenvalue weighted by molar-refractivity contribution is 0.198. The minimum atomic E-state index is 0.407. The second-order valence-corrected chi connectivity index (χ2v) is 6.06. The fourth-order valence-corrected chi connectivity index (χ4v) is 3.07.